The molecular weight excluding hydrogens is 288 g/mol. The van der Waals surface area contributed by atoms with Crippen molar-refractivity contribution in [3.05, 3.63) is 65.3 Å². The third-order valence-corrected chi connectivity index (χ3v) is 3.26. The van der Waals surface area contributed by atoms with E-state index in [4.69, 9.17) is 20.9 Å². The normalized spacial score (nSPS) is 10.6. The fourth-order valence-corrected chi connectivity index (χ4v) is 2.21. The van der Waals surface area contributed by atoms with Gasteiger partial charge in [-0.1, -0.05) is 53.2 Å². The number of halogens is 1. The standard InChI is InChI=1S/C16H13ClN2O2/c1-11-18-16(19-21-11)10-20-15-8-7-13(9-14(15)17)12-5-3-2-4-6-12/h2-9H,10H2,1H3. The molecule has 21 heavy (non-hydrogen) atoms. The van der Waals surface area contributed by atoms with E-state index in [1.54, 1.807) is 6.92 Å². The molecule has 106 valence electrons. The van der Waals surface area contributed by atoms with Crippen LogP contribution in [0.4, 0.5) is 0 Å². The average Bonchev–Trinajstić information content (AvgIpc) is 2.92. The molecule has 2 aromatic carbocycles. The summed E-state index contributed by atoms with van der Waals surface area (Å²) in [6, 6.07) is 15.7. The fraction of sp³-hybridized carbons (Fsp3) is 0.125. The van der Waals surface area contributed by atoms with Gasteiger partial charge in [0.15, 0.2) is 6.61 Å². The highest BCUT2D eigenvalue weighted by molar-refractivity contribution is 6.32. The molecule has 0 amide bonds. The molecule has 0 fully saturated rings. The Hall–Kier alpha value is -2.33. The second kappa shape index (κ2) is 5.97. The average molecular weight is 301 g/mol. The molecule has 0 atom stereocenters. The summed E-state index contributed by atoms with van der Waals surface area (Å²) >= 11 is 6.26. The fourth-order valence-electron chi connectivity index (χ4n) is 1.97. The van der Waals surface area contributed by atoms with Gasteiger partial charge in [0.2, 0.25) is 11.7 Å². The number of rotatable bonds is 4. The van der Waals surface area contributed by atoms with E-state index in [1.165, 1.54) is 0 Å². The van der Waals surface area contributed by atoms with Crippen LogP contribution in [0.2, 0.25) is 5.02 Å². The lowest BCUT2D eigenvalue weighted by Gasteiger charge is -2.08. The number of hydrogen-bond donors (Lipinski definition) is 0. The summed E-state index contributed by atoms with van der Waals surface area (Å²) in [5.41, 5.74) is 2.16. The van der Waals surface area contributed by atoms with Gasteiger partial charge < -0.3 is 9.26 Å². The summed E-state index contributed by atoms with van der Waals surface area (Å²) < 4.78 is 10.5. The van der Waals surface area contributed by atoms with Gasteiger partial charge in [0.1, 0.15) is 5.75 Å². The molecule has 0 saturated heterocycles. The van der Waals surface area contributed by atoms with Crippen molar-refractivity contribution in [1.29, 1.82) is 0 Å². The van der Waals surface area contributed by atoms with Gasteiger partial charge in [-0.05, 0) is 23.3 Å². The zero-order valence-electron chi connectivity index (χ0n) is 11.4. The van der Waals surface area contributed by atoms with Gasteiger partial charge in [-0.15, -0.1) is 0 Å². The van der Waals surface area contributed by atoms with E-state index in [-0.39, 0.29) is 6.61 Å². The van der Waals surface area contributed by atoms with E-state index in [1.807, 2.05) is 48.5 Å². The van der Waals surface area contributed by atoms with Crippen LogP contribution in [-0.2, 0) is 6.61 Å². The molecule has 3 rings (SSSR count). The Kier molecular flexibility index (Phi) is 3.88. The number of aryl methyl sites for hydroxylation is 1. The zero-order valence-corrected chi connectivity index (χ0v) is 12.2. The first-order valence-corrected chi connectivity index (χ1v) is 6.87. The maximum absolute atomic E-state index is 6.26. The van der Waals surface area contributed by atoms with E-state index in [2.05, 4.69) is 10.1 Å². The maximum Gasteiger partial charge on any atom is 0.223 e. The van der Waals surface area contributed by atoms with Crippen LogP contribution >= 0.6 is 11.6 Å². The van der Waals surface area contributed by atoms with Crippen LogP contribution in [-0.4, -0.2) is 10.1 Å². The predicted molar refractivity (Wildman–Crippen MR) is 80.3 cm³/mol. The predicted octanol–water partition coefficient (Wildman–Crippen LogP) is 4.28. The lowest BCUT2D eigenvalue weighted by atomic mass is 10.1. The Morgan fingerprint density at radius 1 is 1.10 bits per heavy atom. The summed E-state index contributed by atoms with van der Waals surface area (Å²) in [6.07, 6.45) is 0. The minimum absolute atomic E-state index is 0.224. The quantitative estimate of drug-likeness (QED) is 0.721. The number of aromatic nitrogens is 2. The summed E-state index contributed by atoms with van der Waals surface area (Å²) in [5, 5.41) is 4.32. The van der Waals surface area contributed by atoms with Crippen LogP contribution < -0.4 is 4.74 Å². The first kappa shape index (κ1) is 13.6. The van der Waals surface area contributed by atoms with Crippen molar-refractivity contribution < 1.29 is 9.26 Å². The van der Waals surface area contributed by atoms with Crippen molar-refractivity contribution in [2.45, 2.75) is 13.5 Å². The van der Waals surface area contributed by atoms with Crippen LogP contribution in [0.1, 0.15) is 11.7 Å². The third-order valence-electron chi connectivity index (χ3n) is 2.97. The number of ether oxygens (including phenoxy) is 1. The Balaban J connectivity index is 1.75. The van der Waals surface area contributed by atoms with Gasteiger partial charge in [-0.25, -0.2) is 0 Å². The van der Waals surface area contributed by atoms with Crippen molar-refractivity contribution in [2.75, 3.05) is 0 Å². The van der Waals surface area contributed by atoms with Crippen molar-refractivity contribution in [3.8, 4) is 16.9 Å². The molecular formula is C16H13ClN2O2. The molecule has 0 aliphatic rings. The smallest absolute Gasteiger partial charge is 0.223 e. The van der Waals surface area contributed by atoms with Gasteiger partial charge in [-0.3, -0.25) is 0 Å². The minimum atomic E-state index is 0.224. The van der Waals surface area contributed by atoms with E-state index in [0.29, 0.717) is 22.5 Å². The van der Waals surface area contributed by atoms with E-state index in [0.717, 1.165) is 11.1 Å². The Morgan fingerprint density at radius 3 is 2.57 bits per heavy atom. The molecule has 0 unspecified atom stereocenters. The van der Waals surface area contributed by atoms with Crippen LogP contribution in [0.3, 0.4) is 0 Å². The molecule has 0 spiro atoms. The number of hydrogen-bond acceptors (Lipinski definition) is 4. The van der Waals surface area contributed by atoms with E-state index >= 15 is 0 Å². The maximum atomic E-state index is 6.26. The Bertz CT molecular complexity index is 741. The lowest BCUT2D eigenvalue weighted by molar-refractivity contribution is 0.286. The summed E-state index contributed by atoms with van der Waals surface area (Å²) in [5.74, 6) is 1.61. The lowest BCUT2D eigenvalue weighted by Crippen LogP contribution is -1.98. The zero-order chi connectivity index (χ0) is 14.7. The first-order chi connectivity index (χ1) is 10.2. The van der Waals surface area contributed by atoms with Gasteiger partial charge >= 0.3 is 0 Å². The first-order valence-electron chi connectivity index (χ1n) is 6.49. The second-order valence-electron chi connectivity index (χ2n) is 4.53. The Labute approximate surface area is 127 Å². The van der Waals surface area contributed by atoms with Crippen molar-refractivity contribution in [2.24, 2.45) is 0 Å². The molecule has 0 saturated carbocycles. The molecule has 1 aromatic heterocycles. The van der Waals surface area contributed by atoms with Crippen molar-refractivity contribution in [1.82, 2.24) is 10.1 Å². The highest BCUT2D eigenvalue weighted by Gasteiger charge is 2.07. The monoisotopic (exact) mass is 300 g/mol. The molecule has 0 N–H and O–H groups in total. The third kappa shape index (κ3) is 3.23. The molecule has 4 nitrogen and oxygen atoms in total. The van der Waals surface area contributed by atoms with Gasteiger partial charge in [0.25, 0.3) is 0 Å². The SMILES string of the molecule is Cc1nc(COc2ccc(-c3ccccc3)cc2Cl)no1. The van der Waals surface area contributed by atoms with Gasteiger partial charge in [-0.2, -0.15) is 4.98 Å². The van der Waals surface area contributed by atoms with Crippen molar-refractivity contribution in [3.63, 3.8) is 0 Å². The molecule has 0 bridgehead atoms. The molecule has 1 heterocycles. The summed E-state index contributed by atoms with van der Waals surface area (Å²) in [6.45, 7) is 1.96. The molecule has 0 aliphatic heterocycles. The molecule has 0 radical (unpaired) electrons. The van der Waals surface area contributed by atoms with Crippen LogP contribution in [0.5, 0.6) is 5.75 Å². The van der Waals surface area contributed by atoms with Crippen LogP contribution in [0.15, 0.2) is 53.1 Å². The molecule has 0 aliphatic carbocycles. The highest BCUT2D eigenvalue weighted by Crippen LogP contribution is 2.30. The summed E-state index contributed by atoms with van der Waals surface area (Å²) in [4.78, 5) is 4.07. The number of nitrogens with zero attached hydrogens (tertiary/aromatic N) is 2. The van der Waals surface area contributed by atoms with Crippen LogP contribution in [0.25, 0.3) is 11.1 Å². The highest BCUT2D eigenvalue weighted by atomic mass is 35.5. The second-order valence-corrected chi connectivity index (χ2v) is 4.94. The van der Waals surface area contributed by atoms with Crippen LogP contribution in [0, 0.1) is 6.92 Å². The Morgan fingerprint density at radius 2 is 1.90 bits per heavy atom. The summed E-state index contributed by atoms with van der Waals surface area (Å²) in [7, 11) is 0. The molecule has 3 aromatic rings. The topological polar surface area (TPSA) is 48.2 Å². The van der Waals surface area contributed by atoms with E-state index < -0.39 is 0 Å². The minimum Gasteiger partial charge on any atom is -0.484 e. The molecule has 5 heteroatoms. The van der Waals surface area contributed by atoms with Gasteiger partial charge in [0.05, 0.1) is 5.02 Å². The van der Waals surface area contributed by atoms with Crippen molar-refractivity contribution >= 4 is 11.6 Å². The largest absolute Gasteiger partial charge is 0.484 e. The van der Waals surface area contributed by atoms with Gasteiger partial charge in [0, 0.05) is 6.92 Å². The van der Waals surface area contributed by atoms with E-state index in [9.17, 15) is 0 Å². The number of benzene rings is 2.